The molecule has 2 amide bonds. The number of para-hydroxylation sites is 3. The molecule has 2 aromatic rings. The summed E-state index contributed by atoms with van der Waals surface area (Å²) in [6.07, 6.45) is 2.82. The summed E-state index contributed by atoms with van der Waals surface area (Å²) in [5.74, 6) is 1.30. The summed E-state index contributed by atoms with van der Waals surface area (Å²) in [6.45, 7) is 0.442. The fourth-order valence-electron chi connectivity index (χ4n) is 3.78. The van der Waals surface area contributed by atoms with E-state index in [4.69, 9.17) is 9.47 Å². The molecule has 0 heterocycles. The number of carbonyl (C=O) groups is 2. The van der Waals surface area contributed by atoms with Gasteiger partial charge in [0.2, 0.25) is 11.8 Å². The van der Waals surface area contributed by atoms with Crippen LogP contribution in [0, 0.1) is 11.8 Å². The smallest absolute Gasteiger partial charge is 0.227 e. The Morgan fingerprint density at radius 2 is 1.38 bits per heavy atom. The predicted octanol–water partition coefficient (Wildman–Crippen LogP) is 3.77. The van der Waals surface area contributed by atoms with Gasteiger partial charge in [-0.2, -0.15) is 0 Å². The highest BCUT2D eigenvalue weighted by atomic mass is 16.5. The van der Waals surface area contributed by atoms with Gasteiger partial charge in [-0.3, -0.25) is 9.59 Å². The molecule has 6 heteroatoms. The van der Waals surface area contributed by atoms with Crippen LogP contribution >= 0.6 is 0 Å². The average Bonchev–Trinajstić information content (AvgIpc) is 2.78. The van der Waals surface area contributed by atoms with Crippen molar-refractivity contribution in [3.63, 3.8) is 0 Å². The van der Waals surface area contributed by atoms with E-state index in [9.17, 15) is 9.59 Å². The van der Waals surface area contributed by atoms with Crippen LogP contribution in [0.2, 0.25) is 0 Å². The molecule has 0 unspecified atom stereocenters. The maximum Gasteiger partial charge on any atom is 0.227 e. The van der Waals surface area contributed by atoms with E-state index in [1.807, 2.05) is 48.5 Å². The van der Waals surface area contributed by atoms with Crippen LogP contribution in [0.15, 0.2) is 48.5 Å². The third-order valence-electron chi connectivity index (χ3n) is 5.48. The lowest BCUT2D eigenvalue weighted by Crippen LogP contribution is -2.35. The number of carbonyl (C=O) groups excluding carboxylic acids is 2. The molecule has 0 aliphatic heterocycles. The van der Waals surface area contributed by atoms with Crippen LogP contribution in [0.3, 0.4) is 0 Å². The highest BCUT2D eigenvalue weighted by Gasteiger charge is 2.30. The van der Waals surface area contributed by atoms with Gasteiger partial charge in [0.15, 0.2) is 0 Å². The first-order valence-electron chi connectivity index (χ1n) is 9.96. The predicted molar refractivity (Wildman–Crippen MR) is 112 cm³/mol. The third kappa shape index (κ3) is 5.28. The highest BCUT2D eigenvalue weighted by Crippen LogP contribution is 2.31. The Kier molecular flexibility index (Phi) is 7.11. The summed E-state index contributed by atoms with van der Waals surface area (Å²) < 4.78 is 10.6. The number of ether oxygens (including phenoxy) is 2. The summed E-state index contributed by atoms with van der Waals surface area (Å²) >= 11 is 0. The molecule has 1 aliphatic rings. The van der Waals surface area contributed by atoms with E-state index in [0.29, 0.717) is 43.7 Å². The fraction of sp³-hybridized carbons (Fsp3) is 0.391. The third-order valence-corrected chi connectivity index (χ3v) is 5.48. The van der Waals surface area contributed by atoms with Gasteiger partial charge >= 0.3 is 0 Å². The number of anilines is 1. The minimum Gasteiger partial charge on any atom is -0.496 e. The van der Waals surface area contributed by atoms with E-state index in [1.165, 1.54) is 0 Å². The molecule has 154 valence electrons. The molecule has 1 saturated carbocycles. The quantitative estimate of drug-likeness (QED) is 0.747. The minimum atomic E-state index is -0.0850. The molecule has 3 rings (SSSR count). The second kappa shape index (κ2) is 9.96. The Bertz CT molecular complexity index is 844. The highest BCUT2D eigenvalue weighted by molar-refractivity contribution is 5.94. The van der Waals surface area contributed by atoms with Crippen LogP contribution in [0.5, 0.6) is 11.5 Å². The number of methoxy groups -OCH3 is 2. The van der Waals surface area contributed by atoms with E-state index in [2.05, 4.69) is 10.6 Å². The molecule has 0 radical (unpaired) electrons. The van der Waals surface area contributed by atoms with Crippen molar-refractivity contribution >= 4 is 17.5 Å². The molecule has 2 aromatic carbocycles. The van der Waals surface area contributed by atoms with Gasteiger partial charge in [0, 0.05) is 23.9 Å². The normalized spacial score (nSPS) is 18.6. The van der Waals surface area contributed by atoms with E-state index in [0.717, 1.165) is 11.3 Å². The Morgan fingerprint density at radius 3 is 2.03 bits per heavy atom. The lowest BCUT2D eigenvalue weighted by Gasteiger charge is -2.27. The molecular weight excluding hydrogens is 368 g/mol. The zero-order valence-electron chi connectivity index (χ0n) is 16.9. The molecular formula is C23H28N2O4. The Balaban J connectivity index is 1.48. The first-order chi connectivity index (χ1) is 14.1. The van der Waals surface area contributed by atoms with Gasteiger partial charge < -0.3 is 20.1 Å². The van der Waals surface area contributed by atoms with Gasteiger partial charge in [0.05, 0.1) is 19.9 Å². The SMILES string of the molecule is COc1ccccc1CNC(=O)C1CCC(C(=O)Nc2ccccc2OC)CC1. The number of nitrogens with one attached hydrogen (secondary N) is 2. The van der Waals surface area contributed by atoms with E-state index >= 15 is 0 Å². The number of hydrogen-bond acceptors (Lipinski definition) is 4. The van der Waals surface area contributed by atoms with Crippen molar-refractivity contribution in [3.8, 4) is 11.5 Å². The maximum atomic E-state index is 12.6. The lowest BCUT2D eigenvalue weighted by atomic mass is 9.81. The Hall–Kier alpha value is -3.02. The molecule has 6 nitrogen and oxygen atoms in total. The number of amides is 2. The van der Waals surface area contributed by atoms with Gasteiger partial charge in [-0.15, -0.1) is 0 Å². The summed E-state index contributed by atoms with van der Waals surface area (Å²) in [6, 6.07) is 15.0. The summed E-state index contributed by atoms with van der Waals surface area (Å²) in [5, 5.41) is 5.96. The van der Waals surface area contributed by atoms with Crippen molar-refractivity contribution < 1.29 is 19.1 Å². The van der Waals surface area contributed by atoms with Gasteiger partial charge in [0.1, 0.15) is 11.5 Å². The van der Waals surface area contributed by atoms with E-state index in [-0.39, 0.29) is 23.7 Å². The first-order valence-corrected chi connectivity index (χ1v) is 9.96. The molecule has 0 bridgehead atoms. The second-order valence-corrected chi connectivity index (χ2v) is 7.27. The van der Waals surface area contributed by atoms with Crippen LogP contribution in [0.1, 0.15) is 31.2 Å². The topological polar surface area (TPSA) is 76.7 Å². The van der Waals surface area contributed by atoms with Gasteiger partial charge in [-0.1, -0.05) is 30.3 Å². The first kappa shape index (κ1) is 20.7. The second-order valence-electron chi connectivity index (χ2n) is 7.27. The van der Waals surface area contributed by atoms with Crippen LogP contribution in [0.4, 0.5) is 5.69 Å². The summed E-state index contributed by atoms with van der Waals surface area (Å²) in [7, 11) is 3.21. The fourth-order valence-corrected chi connectivity index (χ4v) is 3.78. The summed E-state index contributed by atoms with van der Waals surface area (Å²) in [4.78, 5) is 25.2. The molecule has 1 aliphatic carbocycles. The monoisotopic (exact) mass is 396 g/mol. The Labute approximate surface area is 171 Å². The zero-order chi connectivity index (χ0) is 20.6. The molecule has 0 spiro atoms. The summed E-state index contributed by atoms with van der Waals surface area (Å²) in [5.41, 5.74) is 1.63. The largest absolute Gasteiger partial charge is 0.496 e. The zero-order valence-corrected chi connectivity index (χ0v) is 16.9. The average molecular weight is 396 g/mol. The lowest BCUT2D eigenvalue weighted by molar-refractivity contribution is -0.128. The van der Waals surface area contributed by atoms with Gasteiger partial charge in [0.25, 0.3) is 0 Å². The number of rotatable bonds is 7. The van der Waals surface area contributed by atoms with Gasteiger partial charge in [-0.05, 0) is 43.9 Å². The number of hydrogen-bond donors (Lipinski definition) is 2. The molecule has 0 saturated heterocycles. The van der Waals surface area contributed by atoms with Crippen LogP contribution in [-0.2, 0) is 16.1 Å². The van der Waals surface area contributed by atoms with Gasteiger partial charge in [-0.25, -0.2) is 0 Å². The van der Waals surface area contributed by atoms with Crippen LogP contribution in [-0.4, -0.2) is 26.0 Å². The van der Waals surface area contributed by atoms with Crippen molar-refractivity contribution in [2.75, 3.05) is 19.5 Å². The van der Waals surface area contributed by atoms with Crippen molar-refractivity contribution in [3.05, 3.63) is 54.1 Å². The van der Waals surface area contributed by atoms with Crippen molar-refractivity contribution in [1.29, 1.82) is 0 Å². The standard InChI is InChI=1S/C23H28N2O4/c1-28-20-9-5-3-7-18(20)15-24-22(26)16-11-13-17(14-12-16)23(27)25-19-8-4-6-10-21(19)29-2/h3-10,16-17H,11-15H2,1-2H3,(H,24,26)(H,25,27). The van der Waals surface area contributed by atoms with Crippen molar-refractivity contribution in [2.45, 2.75) is 32.2 Å². The molecule has 0 atom stereocenters. The molecule has 29 heavy (non-hydrogen) atoms. The van der Waals surface area contributed by atoms with Crippen molar-refractivity contribution in [1.82, 2.24) is 5.32 Å². The molecule has 0 aromatic heterocycles. The Morgan fingerprint density at radius 1 is 0.828 bits per heavy atom. The molecule has 2 N–H and O–H groups in total. The van der Waals surface area contributed by atoms with E-state index < -0.39 is 0 Å². The van der Waals surface area contributed by atoms with Crippen LogP contribution in [0.25, 0.3) is 0 Å². The number of benzene rings is 2. The maximum absolute atomic E-state index is 12.6. The van der Waals surface area contributed by atoms with Crippen LogP contribution < -0.4 is 20.1 Å². The molecule has 1 fully saturated rings. The van der Waals surface area contributed by atoms with Crippen molar-refractivity contribution in [2.24, 2.45) is 11.8 Å². The van der Waals surface area contributed by atoms with E-state index in [1.54, 1.807) is 14.2 Å². The minimum absolute atomic E-state index is 0.0117.